The van der Waals surface area contributed by atoms with Gasteiger partial charge in [-0.15, -0.1) is 0 Å². The van der Waals surface area contributed by atoms with Gasteiger partial charge in [0.05, 0.1) is 12.3 Å². The van der Waals surface area contributed by atoms with Crippen LogP contribution >= 0.6 is 0 Å². The number of rotatable bonds is 7. The van der Waals surface area contributed by atoms with Gasteiger partial charge in [-0.05, 0) is 24.1 Å². The molecule has 2 aliphatic heterocycles. The average Bonchev–Trinajstić information content (AvgIpc) is 3.19. The van der Waals surface area contributed by atoms with Crippen molar-refractivity contribution in [2.24, 2.45) is 0 Å². The van der Waals surface area contributed by atoms with Crippen molar-refractivity contribution in [3.8, 4) is 11.5 Å². The van der Waals surface area contributed by atoms with Crippen molar-refractivity contribution in [1.82, 2.24) is 14.9 Å². The molecule has 0 saturated carbocycles. The molecule has 0 unspecified atom stereocenters. The van der Waals surface area contributed by atoms with Crippen LogP contribution in [0.25, 0.3) is 0 Å². The van der Waals surface area contributed by atoms with Crippen molar-refractivity contribution in [3.05, 3.63) is 45.4 Å². The third-order valence-electron chi connectivity index (χ3n) is 5.38. The largest absolute Gasteiger partial charge is 0.454 e. The van der Waals surface area contributed by atoms with Crippen LogP contribution in [0, 0.1) is 0 Å². The van der Waals surface area contributed by atoms with Gasteiger partial charge in [0.1, 0.15) is 0 Å². The van der Waals surface area contributed by atoms with Gasteiger partial charge in [0.25, 0.3) is 5.56 Å². The lowest BCUT2D eigenvalue weighted by atomic mass is 10.1. The van der Waals surface area contributed by atoms with E-state index in [4.69, 9.17) is 19.2 Å². The summed E-state index contributed by atoms with van der Waals surface area (Å²) in [6, 6.07) is 6.11. The predicted octanol–water partition coefficient (Wildman–Crippen LogP) is 1.92. The molecule has 0 bridgehead atoms. The Morgan fingerprint density at radius 1 is 1.17 bits per heavy atom. The number of anilines is 1. The second kappa shape index (κ2) is 8.84. The lowest BCUT2D eigenvalue weighted by Gasteiger charge is -2.35. The van der Waals surface area contributed by atoms with Crippen LogP contribution in [0.1, 0.15) is 30.2 Å². The average molecular weight is 400 g/mol. The summed E-state index contributed by atoms with van der Waals surface area (Å²) in [7, 11) is 1.63. The Balaban J connectivity index is 1.41. The Hall–Kier alpha value is -2.58. The van der Waals surface area contributed by atoms with Gasteiger partial charge in [-0.1, -0.05) is 19.4 Å². The number of benzene rings is 1. The quantitative estimate of drug-likeness (QED) is 0.761. The molecule has 4 rings (SSSR count). The summed E-state index contributed by atoms with van der Waals surface area (Å²) in [6.07, 6.45) is 1.62. The third kappa shape index (κ3) is 4.38. The van der Waals surface area contributed by atoms with Crippen molar-refractivity contribution in [2.45, 2.75) is 32.9 Å². The van der Waals surface area contributed by atoms with E-state index in [0.717, 1.165) is 61.9 Å². The maximum Gasteiger partial charge on any atom is 0.255 e. The second-order valence-electron chi connectivity index (χ2n) is 7.45. The summed E-state index contributed by atoms with van der Waals surface area (Å²) in [6.45, 7) is 6.99. The Morgan fingerprint density at radius 2 is 1.97 bits per heavy atom. The second-order valence-corrected chi connectivity index (χ2v) is 7.45. The normalized spacial score (nSPS) is 16.4. The summed E-state index contributed by atoms with van der Waals surface area (Å²) in [5.41, 5.74) is 2.64. The number of nitrogens with zero attached hydrogens (tertiary/aromatic N) is 3. The molecule has 0 aliphatic carbocycles. The maximum atomic E-state index is 12.6. The molecule has 0 atom stereocenters. The highest BCUT2D eigenvalue weighted by atomic mass is 16.7. The van der Waals surface area contributed by atoms with Gasteiger partial charge in [0, 0.05) is 45.4 Å². The molecule has 2 aliphatic rings. The number of hydrogen-bond donors (Lipinski definition) is 1. The highest BCUT2D eigenvalue weighted by Gasteiger charge is 2.22. The third-order valence-corrected chi connectivity index (χ3v) is 5.38. The fourth-order valence-corrected chi connectivity index (χ4v) is 3.86. The Morgan fingerprint density at radius 3 is 2.72 bits per heavy atom. The first kappa shape index (κ1) is 19.7. The number of aromatic nitrogens is 2. The van der Waals surface area contributed by atoms with Crippen LogP contribution in [0.5, 0.6) is 11.5 Å². The number of hydrogen-bond acceptors (Lipinski definition) is 7. The van der Waals surface area contributed by atoms with Crippen molar-refractivity contribution in [3.63, 3.8) is 0 Å². The minimum absolute atomic E-state index is 0.0494. The molecular formula is C21H28N4O4. The number of H-pyrrole nitrogens is 1. The van der Waals surface area contributed by atoms with Crippen LogP contribution in [-0.2, 0) is 24.3 Å². The van der Waals surface area contributed by atoms with Crippen LogP contribution in [-0.4, -0.2) is 54.9 Å². The predicted molar refractivity (Wildman–Crippen MR) is 110 cm³/mol. The Bertz CT molecular complexity index is 906. The van der Waals surface area contributed by atoms with Crippen LogP contribution in [0.3, 0.4) is 0 Å². The fraction of sp³-hybridized carbons (Fsp3) is 0.524. The minimum Gasteiger partial charge on any atom is -0.454 e. The molecule has 0 radical (unpaired) electrons. The van der Waals surface area contributed by atoms with Crippen molar-refractivity contribution in [1.29, 1.82) is 0 Å². The van der Waals surface area contributed by atoms with Gasteiger partial charge < -0.3 is 19.1 Å². The van der Waals surface area contributed by atoms with E-state index in [2.05, 4.69) is 33.8 Å². The van der Waals surface area contributed by atoms with Gasteiger partial charge in [-0.3, -0.25) is 14.7 Å². The summed E-state index contributed by atoms with van der Waals surface area (Å²) >= 11 is 0. The molecule has 0 amide bonds. The number of fused-ring (bicyclic) bond motifs is 1. The highest BCUT2D eigenvalue weighted by Crippen LogP contribution is 2.32. The van der Waals surface area contributed by atoms with Gasteiger partial charge >= 0.3 is 0 Å². The molecule has 1 aromatic carbocycles. The number of piperazine rings is 1. The molecule has 1 fully saturated rings. The van der Waals surface area contributed by atoms with E-state index in [9.17, 15) is 4.79 Å². The summed E-state index contributed by atoms with van der Waals surface area (Å²) < 4.78 is 16.1. The fourth-order valence-electron chi connectivity index (χ4n) is 3.86. The molecule has 2 aromatic rings. The van der Waals surface area contributed by atoms with E-state index in [1.54, 1.807) is 7.11 Å². The molecule has 1 saturated heterocycles. The number of nitrogens with one attached hydrogen (secondary N) is 1. The van der Waals surface area contributed by atoms with Gasteiger partial charge in [0.2, 0.25) is 12.7 Å². The SMILES string of the molecule is CCCc1c(COC)nc(N2CCN(Cc3ccc4c(c3)OCO4)CC2)[nH]c1=O. The van der Waals surface area contributed by atoms with Gasteiger partial charge in [0.15, 0.2) is 11.5 Å². The summed E-state index contributed by atoms with van der Waals surface area (Å²) in [4.78, 5) is 24.8. The van der Waals surface area contributed by atoms with Crippen molar-refractivity contribution < 1.29 is 14.2 Å². The zero-order chi connectivity index (χ0) is 20.2. The van der Waals surface area contributed by atoms with E-state index >= 15 is 0 Å². The maximum absolute atomic E-state index is 12.6. The van der Waals surface area contributed by atoms with Crippen molar-refractivity contribution >= 4 is 5.95 Å². The first-order valence-corrected chi connectivity index (χ1v) is 10.1. The van der Waals surface area contributed by atoms with Crippen LogP contribution in [0.15, 0.2) is 23.0 Å². The smallest absolute Gasteiger partial charge is 0.255 e. The Labute approximate surface area is 170 Å². The lowest BCUT2D eigenvalue weighted by Crippen LogP contribution is -2.47. The zero-order valence-corrected chi connectivity index (χ0v) is 17.1. The van der Waals surface area contributed by atoms with Crippen LogP contribution in [0.2, 0.25) is 0 Å². The van der Waals surface area contributed by atoms with E-state index in [-0.39, 0.29) is 5.56 Å². The van der Waals surface area contributed by atoms with E-state index in [0.29, 0.717) is 25.8 Å². The molecule has 3 heterocycles. The lowest BCUT2D eigenvalue weighted by molar-refractivity contribution is 0.174. The molecule has 1 aromatic heterocycles. The first-order valence-electron chi connectivity index (χ1n) is 10.1. The number of aromatic amines is 1. The van der Waals surface area contributed by atoms with E-state index in [1.807, 2.05) is 6.07 Å². The van der Waals surface area contributed by atoms with Gasteiger partial charge in [-0.25, -0.2) is 4.98 Å². The first-order chi connectivity index (χ1) is 14.2. The molecule has 0 spiro atoms. The topological polar surface area (TPSA) is 79.9 Å². The highest BCUT2D eigenvalue weighted by molar-refractivity contribution is 5.44. The van der Waals surface area contributed by atoms with Crippen LogP contribution < -0.4 is 19.9 Å². The summed E-state index contributed by atoms with van der Waals surface area (Å²) in [5.74, 6) is 2.28. The Kier molecular flexibility index (Phi) is 6.01. The molecule has 29 heavy (non-hydrogen) atoms. The molecular weight excluding hydrogens is 372 g/mol. The summed E-state index contributed by atoms with van der Waals surface area (Å²) in [5, 5.41) is 0. The number of ether oxygens (including phenoxy) is 3. The van der Waals surface area contributed by atoms with Crippen molar-refractivity contribution in [2.75, 3.05) is 45.0 Å². The van der Waals surface area contributed by atoms with Gasteiger partial charge in [-0.2, -0.15) is 0 Å². The number of methoxy groups -OCH3 is 1. The molecule has 8 heteroatoms. The van der Waals surface area contributed by atoms with E-state index < -0.39 is 0 Å². The monoisotopic (exact) mass is 400 g/mol. The molecule has 8 nitrogen and oxygen atoms in total. The zero-order valence-electron chi connectivity index (χ0n) is 17.1. The molecule has 1 N–H and O–H groups in total. The van der Waals surface area contributed by atoms with E-state index in [1.165, 1.54) is 5.56 Å². The molecule has 156 valence electrons. The minimum atomic E-state index is -0.0494. The standard InChI is InChI=1S/C21H28N4O4/c1-3-4-16-17(13-27-2)22-21(23-20(16)26)25-9-7-24(8-10-25)12-15-5-6-18-19(11-15)29-14-28-18/h5-6,11H,3-4,7-10,12-14H2,1-2H3,(H,22,23,26). The van der Waals surface area contributed by atoms with Crippen LogP contribution in [0.4, 0.5) is 5.95 Å².